The van der Waals surface area contributed by atoms with E-state index in [4.69, 9.17) is 35.3 Å². The molecule has 14 heteroatoms. The molecule has 4 aromatic rings. The maximum atomic E-state index is 13.2. The number of aromatic nitrogens is 2. The molecule has 0 atom stereocenters. The van der Waals surface area contributed by atoms with E-state index in [1.165, 1.54) is 36.7 Å². The number of amides is 2. The molecule has 0 unspecified atom stereocenters. The molecule has 1 saturated heterocycles. The van der Waals surface area contributed by atoms with E-state index in [0.717, 1.165) is 39.3 Å². The van der Waals surface area contributed by atoms with Gasteiger partial charge in [-0.2, -0.15) is 0 Å². The molecule has 7 rings (SSSR count). The molecule has 1 saturated carbocycles. The van der Waals surface area contributed by atoms with Crippen LogP contribution in [-0.4, -0.2) is 79.4 Å². The number of carbonyl (C=O) groups excluding carboxylic acids is 2. The van der Waals surface area contributed by atoms with Crippen LogP contribution in [0.15, 0.2) is 54.9 Å². The van der Waals surface area contributed by atoms with Gasteiger partial charge in [0.2, 0.25) is 23.4 Å². The van der Waals surface area contributed by atoms with E-state index in [1.807, 2.05) is 0 Å². The average molecular weight is 678 g/mol. The van der Waals surface area contributed by atoms with E-state index >= 15 is 0 Å². The lowest BCUT2D eigenvalue weighted by Gasteiger charge is -2.26. The van der Waals surface area contributed by atoms with Gasteiger partial charge in [-0.15, -0.1) is 0 Å². The first kappa shape index (κ1) is 31.9. The Labute approximate surface area is 280 Å². The Morgan fingerprint density at radius 1 is 0.896 bits per heavy atom. The van der Waals surface area contributed by atoms with Crippen LogP contribution in [0.25, 0.3) is 10.9 Å². The minimum absolute atomic E-state index is 0.200. The standard InChI is InChI=1S/C34H33ClFN5O7/c35-24-18-23(40-33(43)34(8-9-34)32(42)39-22-4-2-21(36)3-5-22)6-7-26(24)48-31-28-25(37-20-38-31)19-27(29-30(28)47-17-16-46-29)45-13-1-10-41-11-14-44-15-12-41/h2-7,18-20H,1,8-17H2,(H,39,42)(H,40,43). The fraction of sp³-hybridized carbons (Fsp3) is 0.353. The van der Waals surface area contributed by atoms with E-state index in [9.17, 15) is 14.0 Å². The molecule has 250 valence electrons. The molecule has 1 aliphatic carbocycles. The lowest BCUT2D eigenvalue weighted by Crippen LogP contribution is -2.37. The molecule has 0 bridgehead atoms. The summed E-state index contributed by atoms with van der Waals surface area (Å²) in [6.07, 6.45) is 2.99. The van der Waals surface area contributed by atoms with Gasteiger partial charge < -0.3 is 34.3 Å². The Balaban J connectivity index is 1.04. The monoisotopic (exact) mass is 677 g/mol. The summed E-state index contributed by atoms with van der Waals surface area (Å²) in [4.78, 5) is 37.3. The van der Waals surface area contributed by atoms with Crippen molar-refractivity contribution in [2.24, 2.45) is 5.41 Å². The van der Waals surface area contributed by atoms with Gasteiger partial charge in [-0.05, 0) is 61.7 Å². The maximum absolute atomic E-state index is 13.2. The number of hydrogen-bond acceptors (Lipinski definition) is 10. The molecule has 1 aromatic heterocycles. The second kappa shape index (κ2) is 13.8. The SMILES string of the molecule is O=C(Nc1ccc(F)cc1)C1(C(=O)Nc2ccc(Oc3ncnc4cc(OCCCN5CCOCC5)c5c(c34)OCCO5)c(Cl)c2)CC1. The zero-order valence-electron chi connectivity index (χ0n) is 25.9. The van der Waals surface area contributed by atoms with Crippen molar-refractivity contribution in [1.82, 2.24) is 14.9 Å². The van der Waals surface area contributed by atoms with Gasteiger partial charge in [0.05, 0.1) is 30.4 Å². The topological polar surface area (TPSA) is 133 Å². The third kappa shape index (κ3) is 6.80. The van der Waals surface area contributed by atoms with Crippen molar-refractivity contribution in [1.29, 1.82) is 0 Å². The minimum atomic E-state index is -1.22. The molecule has 0 radical (unpaired) electrons. The quantitative estimate of drug-likeness (QED) is 0.156. The zero-order chi connectivity index (χ0) is 33.1. The Kier molecular flexibility index (Phi) is 9.15. The molecule has 2 fully saturated rings. The molecule has 2 aliphatic heterocycles. The number of hydrogen-bond donors (Lipinski definition) is 2. The maximum Gasteiger partial charge on any atom is 0.240 e. The van der Waals surface area contributed by atoms with Crippen molar-refractivity contribution in [2.45, 2.75) is 19.3 Å². The number of carbonyl (C=O) groups is 2. The van der Waals surface area contributed by atoms with Crippen molar-refractivity contribution in [3.05, 3.63) is 65.7 Å². The highest BCUT2D eigenvalue weighted by Crippen LogP contribution is 2.49. The van der Waals surface area contributed by atoms with Gasteiger partial charge in [0.15, 0.2) is 11.5 Å². The summed E-state index contributed by atoms with van der Waals surface area (Å²) in [5, 5.41) is 6.18. The Bertz CT molecular complexity index is 1830. The molecule has 2 amide bonds. The highest BCUT2D eigenvalue weighted by atomic mass is 35.5. The third-order valence-electron chi connectivity index (χ3n) is 8.44. The van der Waals surface area contributed by atoms with Gasteiger partial charge in [-0.3, -0.25) is 14.5 Å². The van der Waals surface area contributed by atoms with Crippen molar-refractivity contribution in [3.8, 4) is 28.9 Å². The summed E-state index contributed by atoms with van der Waals surface area (Å²) in [5.41, 5.74) is 0.114. The smallest absolute Gasteiger partial charge is 0.240 e. The fourth-order valence-electron chi connectivity index (χ4n) is 5.64. The summed E-state index contributed by atoms with van der Waals surface area (Å²) in [5.74, 6) is 0.554. The van der Waals surface area contributed by atoms with Crippen LogP contribution in [-0.2, 0) is 14.3 Å². The largest absolute Gasteiger partial charge is 0.489 e. The lowest BCUT2D eigenvalue weighted by molar-refractivity contribution is -0.131. The number of ether oxygens (including phenoxy) is 5. The van der Waals surface area contributed by atoms with Crippen molar-refractivity contribution < 1.29 is 37.7 Å². The highest BCUT2D eigenvalue weighted by molar-refractivity contribution is 6.32. The number of anilines is 2. The van der Waals surface area contributed by atoms with Crippen LogP contribution in [0, 0.1) is 11.2 Å². The lowest BCUT2D eigenvalue weighted by atomic mass is 10.0. The second-order valence-corrected chi connectivity index (χ2v) is 12.1. The van der Waals surface area contributed by atoms with E-state index in [-0.39, 0.29) is 16.7 Å². The van der Waals surface area contributed by atoms with Gasteiger partial charge >= 0.3 is 0 Å². The Morgan fingerprint density at radius 3 is 2.33 bits per heavy atom. The van der Waals surface area contributed by atoms with Crippen LogP contribution >= 0.6 is 11.6 Å². The number of rotatable bonds is 11. The van der Waals surface area contributed by atoms with Gasteiger partial charge in [-0.1, -0.05) is 11.6 Å². The molecule has 2 N–H and O–H groups in total. The minimum Gasteiger partial charge on any atom is -0.489 e. The van der Waals surface area contributed by atoms with Crippen LogP contribution in [0.4, 0.5) is 15.8 Å². The van der Waals surface area contributed by atoms with Crippen LogP contribution < -0.4 is 29.6 Å². The normalized spacial score (nSPS) is 16.6. The molecule has 3 aliphatic rings. The first-order chi connectivity index (χ1) is 23.4. The van der Waals surface area contributed by atoms with E-state index < -0.39 is 23.0 Å². The number of benzene rings is 3. The molecular weight excluding hydrogens is 645 g/mol. The molecule has 3 aromatic carbocycles. The summed E-state index contributed by atoms with van der Waals surface area (Å²) in [6.45, 7) is 5.44. The Morgan fingerprint density at radius 2 is 1.60 bits per heavy atom. The number of halogens is 2. The van der Waals surface area contributed by atoms with E-state index in [0.29, 0.717) is 72.2 Å². The molecule has 0 spiro atoms. The number of fused-ring (bicyclic) bond motifs is 3. The van der Waals surface area contributed by atoms with E-state index in [2.05, 4.69) is 25.5 Å². The number of nitrogens with zero attached hydrogens (tertiary/aromatic N) is 3. The van der Waals surface area contributed by atoms with Crippen LogP contribution in [0.1, 0.15) is 19.3 Å². The first-order valence-corrected chi connectivity index (χ1v) is 16.1. The van der Waals surface area contributed by atoms with Crippen LogP contribution in [0.2, 0.25) is 5.02 Å². The second-order valence-electron chi connectivity index (χ2n) is 11.7. The van der Waals surface area contributed by atoms with Gasteiger partial charge in [-0.25, -0.2) is 14.4 Å². The molecule has 48 heavy (non-hydrogen) atoms. The third-order valence-corrected chi connectivity index (χ3v) is 8.74. The zero-order valence-corrected chi connectivity index (χ0v) is 26.7. The van der Waals surface area contributed by atoms with Crippen LogP contribution in [0.3, 0.4) is 0 Å². The van der Waals surface area contributed by atoms with Crippen molar-refractivity contribution in [2.75, 3.05) is 63.3 Å². The molecular formula is C34H33ClFN5O7. The summed E-state index contributed by atoms with van der Waals surface area (Å²) in [6, 6.07) is 11.9. The summed E-state index contributed by atoms with van der Waals surface area (Å²) in [7, 11) is 0. The van der Waals surface area contributed by atoms with Gasteiger partial charge in [0, 0.05) is 37.1 Å². The average Bonchev–Trinajstić information content (AvgIpc) is 3.92. The highest BCUT2D eigenvalue weighted by Gasteiger charge is 2.56. The predicted molar refractivity (Wildman–Crippen MR) is 175 cm³/mol. The van der Waals surface area contributed by atoms with Gasteiger partial charge in [0.1, 0.15) is 41.9 Å². The number of morpholine rings is 1. The fourth-order valence-corrected chi connectivity index (χ4v) is 5.86. The molecule has 12 nitrogen and oxygen atoms in total. The van der Waals surface area contributed by atoms with Gasteiger partial charge in [0.25, 0.3) is 0 Å². The predicted octanol–water partition coefficient (Wildman–Crippen LogP) is 5.44. The Hall–Kier alpha value is -4.72. The first-order valence-electron chi connectivity index (χ1n) is 15.8. The number of nitrogens with one attached hydrogen (secondary N) is 2. The summed E-state index contributed by atoms with van der Waals surface area (Å²) >= 11 is 6.61. The van der Waals surface area contributed by atoms with Crippen LogP contribution in [0.5, 0.6) is 28.9 Å². The van der Waals surface area contributed by atoms with Crippen molar-refractivity contribution >= 4 is 45.7 Å². The molecule has 3 heterocycles. The summed E-state index contributed by atoms with van der Waals surface area (Å²) < 4.78 is 43.0. The van der Waals surface area contributed by atoms with Crippen molar-refractivity contribution in [3.63, 3.8) is 0 Å². The van der Waals surface area contributed by atoms with E-state index in [1.54, 1.807) is 18.2 Å².